The molecule has 12 N–H and O–H groups in total. The Bertz CT molecular complexity index is 4180. The van der Waals surface area contributed by atoms with Crippen LogP contribution in [0.15, 0.2) is 62.7 Å². The molecule has 0 aliphatic carbocycles. The van der Waals surface area contributed by atoms with Crippen molar-refractivity contribution in [2.75, 3.05) is 170 Å². The van der Waals surface area contributed by atoms with Crippen molar-refractivity contribution in [1.29, 1.82) is 0 Å². The number of rotatable bonds is 44. The van der Waals surface area contributed by atoms with Gasteiger partial charge in [-0.1, -0.05) is 120 Å². The SMILES string of the molecule is C.CSSCCOC(=O)NCCN(C[C-]=O)C(=O)Cn1ccc(=O)[nH]c1=O.CSSCCOC(=O)NCCN(C[C-]=O)C(=O)Cn1ccc(N)nc1=O.CSSCCOC(=O)NCCN(C[C-]=O)C(=O)Cn1cnc2c(=O)[nH]c(N)nc21.CSSCCOC(=O)NCCN(C[C-]=O)C(=O)Cn1cnc2c(N)ncnc21.[Y].[Y].[Y].[Y]. The van der Waals surface area contributed by atoms with E-state index in [1.807, 2.05) is 30.0 Å². The zero-order valence-corrected chi connectivity index (χ0v) is 79.1. The summed E-state index contributed by atoms with van der Waals surface area (Å²) in [5.74, 6) is 1.02. The van der Waals surface area contributed by atoms with Crippen LogP contribution in [0.3, 0.4) is 0 Å². The molecule has 6 aromatic heterocycles. The van der Waals surface area contributed by atoms with Gasteiger partial charge in [-0.15, -0.1) is 0 Å². The molecule has 6 heterocycles. The summed E-state index contributed by atoms with van der Waals surface area (Å²) in [6.07, 6.45) is 18.4. The molecular weight excluding hydrogens is 1960 g/mol. The molecule has 6 rings (SSSR count). The zero-order valence-electron chi connectivity index (χ0n) is 61.2. The van der Waals surface area contributed by atoms with Gasteiger partial charge in [-0.2, -0.15) is 9.97 Å². The molecule has 0 saturated carbocycles. The molecule has 6 aromatic rings. The maximum atomic E-state index is 12.5. The molecule has 0 atom stereocenters. The average Bonchev–Trinajstić information content (AvgIpc) is 1.65. The third kappa shape index (κ3) is 46.2. The Morgan fingerprint density at radius 3 is 1.18 bits per heavy atom. The summed E-state index contributed by atoms with van der Waals surface area (Å²) >= 11 is 0. The Hall–Kier alpha value is -5.28. The van der Waals surface area contributed by atoms with E-state index in [1.54, 1.807) is 111 Å². The fourth-order valence-electron chi connectivity index (χ4n) is 8.08. The summed E-state index contributed by atoms with van der Waals surface area (Å²) in [7, 11) is 12.6. The number of fused-ring (bicyclic) bond motifs is 2. The Labute approximate surface area is 785 Å². The number of hydrogen-bond acceptors (Lipinski definition) is 37. The predicted octanol–water partition coefficient (Wildman–Crippen LogP) is -1.20. The molecule has 0 bridgehead atoms. The maximum absolute atomic E-state index is 12.5. The first-order valence-electron chi connectivity index (χ1n) is 31.5. The number of alkyl carbamates (subject to hydrolysis) is 4. The van der Waals surface area contributed by atoms with Gasteiger partial charge >= 0.3 is 35.8 Å². The third-order valence-electron chi connectivity index (χ3n) is 13.0. The number of imidazole rings is 2. The Morgan fingerprint density at radius 1 is 0.465 bits per heavy atom. The second-order valence-electron chi connectivity index (χ2n) is 20.3. The van der Waals surface area contributed by atoms with Crippen molar-refractivity contribution in [3.8, 4) is 0 Å². The van der Waals surface area contributed by atoms with E-state index in [2.05, 4.69) is 56.2 Å². The second-order valence-corrected chi connectivity index (χ2v) is 31.1. The smallest absolute Gasteiger partial charge is 0.407 e. The minimum absolute atomic E-state index is 0. The van der Waals surface area contributed by atoms with Gasteiger partial charge in [-0.3, -0.25) is 47.9 Å². The molecule has 0 unspecified atom stereocenters. The van der Waals surface area contributed by atoms with Crippen LogP contribution in [0, 0.1) is 0 Å². The number of H-pyrrole nitrogens is 2. The van der Waals surface area contributed by atoms with E-state index in [0.29, 0.717) is 40.8 Å². The van der Waals surface area contributed by atoms with E-state index < -0.39 is 64.6 Å². The number of carbonyl (C=O) groups is 8. The monoisotopic (exact) mass is 2050 g/mol. The van der Waals surface area contributed by atoms with Crippen LogP contribution < -0.4 is 61.0 Å². The van der Waals surface area contributed by atoms with E-state index in [-0.39, 0.29) is 297 Å². The first kappa shape index (κ1) is 113. The van der Waals surface area contributed by atoms with Crippen molar-refractivity contribution in [1.82, 2.24) is 99.0 Å². The average molecular weight is 2050 g/mol. The molecule has 0 aromatic carbocycles. The number of hydrogen-bond donors (Lipinski definition) is 9. The van der Waals surface area contributed by atoms with Gasteiger partial charge in [-0.25, -0.2) is 73.8 Å². The maximum Gasteiger partial charge on any atom is 0.407 e. The summed E-state index contributed by atoms with van der Waals surface area (Å²) in [5, 5.41) is 10.0. The number of nitrogen functional groups attached to an aromatic ring is 3. The van der Waals surface area contributed by atoms with Gasteiger partial charge < -0.3 is 105 Å². The standard InChI is InChI=1S/C15H20N7O5S2.C15H20N7O4S2.C14H20N5O5S2.C14H19N4O6S2.CH4.4Y/c1-28-29-7-6-27-15(26)17-2-3-21(4-5-23)10(24)8-22-9-18-11-12(22)19-14(16)20-13(11)25;1-27-28-7-6-26-15(25)17-2-3-21(4-5-23)11(24)8-22-10-20-12-13(16)18-9-19-14(12)22;1-25-26-9-8-24-14(23)16-3-5-18(6-7-20)12(21)10-19-4-2-11(15)17-13(19)22;1-25-26-9-8-24-14(23)15-3-5-17(6-7-19)12(21)10-18-4-2-11(20)16-13(18)22;;;;;/h9H,2-4,6-8H2,1H3,(H,17,26)(H3,16,19,20,25);9-10H,2-4,6-8H2,1H3,(H,17,25)(H2,16,18,19);2,4H,3,5-6,8-10H2,1H3,(H,16,23)(H2,15,17,22);2,4H,3,5-6,8-10H2,1H3,(H,15,23)(H,16,20,22);1H4;;;;/q4*-1;;;;;. The number of aromatic nitrogens is 12. The van der Waals surface area contributed by atoms with Crippen LogP contribution in [-0.4, -0.2) is 304 Å². The van der Waals surface area contributed by atoms with Gasteiger partial charge in [0.15, 0.2) is 22.6 Å². The van der Waals surface area contributed by atoms with Crippen LogP contribution in [0.1, 0.15) is 7.43 Å². The number of nitrogens with two attached hydrogens (primary N) is 3. The Kier molecular flexibility index (Phi) is 66.9. The van der Waals surface area contributed by atoms with Crippen LogP contribution in [0.4, 0.5) is 36.8 Å². The number of amides is 8. The largest absolute Gasteiger partial charge is 0.540 e. The topological polar surface area (TPSA) is 578 Å². The minimum atomic E-state index is -0.731. The first-order valence-corrected chi connectivity index (χ1v) is 42.4. The Balaban J connectivity index is -0.00000142. The van der Waals surface area contributed by atoms with Crippen LogP contribution in [0.2, 0.25) is 0 Å². The number of aromatic amines is 2. The predicted molar refractivity (Wildman–Crippen MR) is 424 cm³/mol. The molecule has 618 valence electrons. The van der Waals surface area contributed by atoms with Gasteiger partial charge in [0.1, 0.15) is 70.3 Å². The molecule has 0 spiro atoms. The van der Waals surface area contributed by atoms with Crippen molar-refractivity contribution in [3.63, 3.8) is 0 Å². The molecular formula is C59H83N23O20S8Y4-4. The van der Waals surface area contributed by atoms with Crippen molar-refractivity contribution in [3.05, 3.63) is 85.2 Å². The van der Waals surface area contributed by atoms with Crippen molar-refractivity contribution in [2.24, 2.45) is 0 Å². The summed E-state index contributed by atoms with van der Waals surface area (Å²) < 4.78 is 24.8. The molecule has 43 nitrogen and oxygen atoms in total. The number of nitrogens with zero attached hydrogens (tertiary/aromatic N) is 14. The summed E-state index contributed by atoms with van der Waals surface area (Å²) in [6, 6.07) is 2.50. The third-order valence-corrected chi connectivity index (χ3v) is 20.1. The number of nitrogens with one attached hydrogen (secondary N) is 6. The molecule has 55 heteroatoms. The van der Waals surface area contributed by atoms with E-state index in [0.717, 1.165) is 20.1 Å². The number of carbonyl (C=O) groups excluding carboxylic acids is 12. The molecule has 0 saturated heterocycles. The van der Waals surface area contributed by atoms with Crippen LogP contribution in [0.5, 0.6) is 0 Å². The molecule has 0 aliphatic rings. The molecule has 0 fully saturated rings. The molecule has 114 heavy (non-hydrogen) atoms. The normalized spacial score (nSPS) is 9.96. The van der Waals surface area contributed by atoms with E-state index >= 15 is 0 Å². The summed E-state index contributed by atoms with van der Waals surface area (Å²) in [5.41, 5.74) is 15.2. The molecule has 8 amide bonds. The van der Waals surface area contributed by atoms with Crippen molar-refractivity contribution in [2.45, 2.75) is 33.6 Å². The second kappa shape index (κ2) is 67.6. The van der Waals surface area contributed by atoms with Crippen LogP contribution in [0.25, 0.3) is 22.3 Å². The quantitative estimate of drug-likeness (QED) is 0.00939. The zero-order chi connectivity index (χ0) is 80.3. The summed E-state index contributed by atoms with van der Waals surface area (Å²) in [4.78, 5) is 217. The van der Waals surface area contributed by atoms with Gasteiger partial charge in [-0.05, 0) is 31.1 Å². The summed E-state index contributed by atoms with van der Waals surface area (Å²) in [6.45, 7) is -0.232. The van der Waals surface area contributed by atoms with Gasteiger partial charge in [0.05, 0.1) is 12.7 Å². The van der Waals surface area contributed by atoms with E-state index in [4.69, 9.17) is 36.1 Å². The van der Waals surface area contributed by atoms with Gasteiger partial charge in [0, 0.05) is 225 Å². The Morgan fingerprint density at radius 2 is 0.816 bits per heavy atom. The number of ether oxygens (including phenoxy) is 4. The number of anilines is 3. The van der Waals surface area contributed by atoms with E-state index in [1.165, 1.54) is 61.3 Å². The van der Waals surface area contributed by atoms with Crippen LogP contribution >= 0.6 is 86.4 Å². The van der Waals surface area contributed by atoms with Gasteiger partial charge in [0.25, 0.3) is 11.1 Å². The van der Waals surface area contributed by atoms with Gasteiger partial charge in [0.2, 0.25) is 29.6 Å². The first-order chi connectivity index (χ1) is 52.5. The molecule has 4 radical (unpaired) electrons. The fraction of sp³-hybridized carbons (Fsp3) is 0.492. The van der Waals surface area contributed by atoms with Crippen molar-refractivity contribution >= 4 is 199 Å². The minimum Gasteiger partial charge on any atom is -0.540 e. The van der Waals surface area contributed by atoms with Crippen molar-refractivity contribution < 1.29 is 207 Å². The van der Waals surface area contributed by atoms with E-state index in [9.17, 15) is 76.7 Å². The van der Waals surface area contributed by atoms with Crippen LogP contribution in [-0.2, 0) is 214 Å². The molecule has 0 aliphatic heterocycles. The fourth-order valence-corrected chi connectivity index (χ4v) is 12.2.